The molecular weight excluding hydrogens is 259 g/mol. The average Bonchev–Trinajstić information content (AvgIpc) is 2.37. The number of hydrogen-bond donors (Lipinski definition) is 0. The summed E-state index contributed by atoms with van der Waals surface area (Å²) in [4.78, 5) is 0. The van der Waals surface area contributed by atoms with E-state index in [9.17, 15) is 0 Å². The SMILES string of the molecule is BC1(C)C(C)(CC=C)OC(C)(C)OC1(C)C1CCCCC1. The van der Waals surface area contributed by atoms with Gasteiger partial charge in [0, 0.05) is 0 Å². The smallest absolute Gasteiger partial charge is 0.164 e. The lowest BCUT2D eigenvalue weighted by Crippen LogP contribution is -2.67. The van der Waals surface area contributed by atoms with Gasteiger partial charge in [-0.1, -0.05) is 32.3 Å². The van der Waals surface area contributed by atoms with Crippen LogP contribution in [0.3, 0.4) is 0 Å². The fourth-order valence-electron chi connectivity index (χ4n) is 4.67. The molecule has 0 aromatic rings. The maximum absolute atomic E-state index is 6.60. The summed E-state index contributed by atoms with van der Waals surface area (Å²) in [6.45, 7) is 15.0. The molecule has 1 aliphatic heterocycles. The van der Waals surface area contributed by atoms with E-state index in [0.717, 1.165) is 6.42 Å². The second-order valence-electron chi connectivity index (χ2n) is 8.39. The van der Waals surface area contributed by atoms with Crippen molar-refractivity contribution in [1.82, 2.24) is 0 Å². The van der Waals surface area contributed by atoms with E-state index < -0.39 is 5.79 Å². The summed E-state index contributed by atoms with van der Waals surface area (Å²) in [6.07, 6.45) is 9.44. The van der Waals surface area contributed by atoms with Gasteiger partial charge >= 0.3 is 0 Å². The molecule has 0 radical (unpaired) electrons. The van der Waals surface area contributed by atoms with Crippen molar-refractivity contribution in [3.8, 4) is 0 Å². The highest BCUT2D eigenvalue weighted by Gasteiger charge is 2.63. The monoisotopic (exact) mass is 292 g/mol. The van der Waals surface area contributed by atoms with Gasteiger partial charge in [-0.2, -0.15) is 0 Å². The topological polar surface area (TPSA) is 18.5 Å². The van der Waals surface area contributed by atoms with Gasteiger partial charge in [-0.3, -0.25) is 0 Å². The summed E-state index contributed by atoms with van der Waals surface area (Å²) >= 11 is 0. The molecule has 1 saturated carbocycles. The summed E-state index contributed by atoms with van der Waals surface area (Å²) in [5.41, 5.74) is -0.407. The van der Waals surface area contributed by atoms with Crippen molar-refractivity contribution in [2.24, 2.45) is 5.92 Å². The van der Waals surface area contributed by atoms with E-state index in [1.165, 1.54) is 32.1 Å². The van der Waals surface area contributed by atoms with Crippen molar-refractivity contribution < 1.29 is 9.47 Å². The van der Waals surface area contributed by atoms with Crippen molar-refractivity contribution in [3.63, 3.8) is 0 Å². The first-order valence-corrected chi connectivity index (χ1v) is 8.59. The van der Waals surface area contributed by atoms with E-state index in [4.69, 9.17) is 9.47 Å². The Kier molecular flexibility index (Phi) is 4.41. The molecule has 120 valence electrons. The molecule has 0 spiro atoms. The van der Waals surface area contributed by atoms with Crippen LogP contribution in [0, 0.1) is 5.92 Å². The van der Waals surface area contributed by atoms with E-state index in [1.807, 2.05) is 6.08 Å². The lowest BCUT2D eigenvalue weighted by molar-refractivity contribution is -0.384. The lowest BCUT2D eigenvalue weighted by Gasteiger charge is -2.65. The van der Waals surface area contributed by atoms with Gasteiger partial charge in [0.05, 0.1) is 11.2 Å². The highest BCUT2D eigenvalue weighted by Crippen LogP contribution is 2.61. The zero-order chi connectivity index (χ0) is 15.9. The van der Waals surface area contributed by atoms with Gasteiger partial charge in [-0.15, -0.1) is 6.58 Å². The van der Waals surface area contributed by atoms with E-state index in [1.54, 1.807) is 0 Å². The molecule has 1 saturated heterocycles. The third-order valence-corrected chi connectivity index (χ3v) is 6.41. The molecular formula is C18H33BO2. The Bertz CT molecular complexity index is 398. The first kappa shape index (κ1) is 17.1. The van der Waals surface area contributed by atoms with Gasteiger partial charge in [0.1, 0.15) is 7.85 Å². The molecule has 0 N–H and O–H groups in total. The van der Waals surface area contributed by atoms with Gasteiger partial charge in [0.25, 0.3) is 0 Å². The van der Waals surface area contributed by atoms with E-state index in [0.29, 0.717) is 5.92 Å². The lowest BCUT2D eigenvalue weighted by atomic mass is 9.46. The van der Waals surface area contributed by atoms with Crippen LogP contribution in [-0.2, 0) is 9.47 Å². The summed E-state index contributed by atoms with van der Waals surface area (Å²) in [5, 5.41) is -0.0638. The molecule has 0 aromatic carbocycles. The third-order valence-electron chi connectivity index (χ3n) is 6.41. The Morgan fingerprint density at radius 2 is 1.62 bits per heavy atom. The predicted octanol–water partition coefficient (Wildman–Crippen LogP) is 4.25. The molecule has 0 aromatic heterocycles. The zero-order valence-corrected chi connectivity index (χ0v) is 14.9. The van der Waals surface area contributed by atoms with Crippen LogP contribution in [0.15, 0.2) is 12.7 Å². The fourth-order valence-corrected chi connectivity index (χ4v) is 4.67. The van der Waals surface area contributed by atoms with Crippen molar-refractivity contribution in [2.75, 3.05) is 0 Å². The van der Waals surface area contributed by atoms with Crippen molar-refractivity contribution in [3.05, 3.63) is 12.7 Å². The van der Waals surface area contributed by atoms with Crippen LogP contribution >= 0.6 is 0 Å². The quantitative estimate of drug-likeness (QED) is 0.572. The number of hydrogen-bond acceptors (Lipinski definition) is 2. The molecule has 3 unspecified atom stereocenters. The van der Waals surface area contributed by atoms with Gasteiger partial charge in [0.2, 0.25) is 0 Å². The minimum absolute atomic E-state index is 0.0638. The fraction of sp³-hybridized carbons (Fsp3) is 0.889. The summed E-state index contributed by atoms with van der Waals surface area (Å²) < 4.78 is 13.0. The van der Waals surface area contributed by atoms with Crippen LogP contribution in [-0.4, -0.2) is 24.8 Å². The maximum atomic E-state index is 6.60. The first-order chi connectivity index (χ1) is 9.58. The minimum Gasteiger partial charge on any atom is -0.344 e. The summed E-state index contributed by atoms with van der Waals surface area (Å²) in [5.74, 6) is 0.0769. The Morgan fingerprint density at radius 1 is 1.05 bits per heavy atom. The molecule has 1 aliphatic carbocycles. The van der Waals surface area contributed by atoms with Gasteiger partial charge in [-0.25, -0.2) is 0 Å². The standard InChI is InChI=1S/C18H33BO2/c1-7-13-16(4)18(6,19)17(5,21-15(2,3)20-16)14-11-9-8-10-12-14/h7,14H,1,8-13,19H2,2-6H3. The van der Waals surface area contributed by atoms with E-state index in [-0.39, 0.29) is 16.5 Å². The summed E-state index contributed by atoms with van der Waals surface area (Å²) in [7, 11) is 2.32. The number of ether oxygens (including phenoxy) is 2. The maximum Gasteiger partial charge on any atom is 0.164 e. The molecule has 3 heteroatoms. The largest absolute Gasteiger partial charge is 0.344 e. The highest BCUT2D eigenvalue weighted by molar-refractivity contribution is 6.17. The zero-order valence-electron chi connectivity index (χ0n) is 14.9. The molecule has 0 bridgehead atoms. The Balaban J connectivity index is 2.43. The Morgan fingerprint density at radius 3 is 2.14 bits per heavy atom. The molecule has 2 nitrogen and oxygen atoms in total. The molecule has 2 aliphatic rings. The normalized spacial score (nSPS) is 44.4. The molecule has 2 fully saturated rings. The molecule has 1 heterocycles. The van der Waals surface area contributed by atoms with E-state index in [2.05, 4.69) is 49.0 Å². The average molecular weight is 292 g/mol. The van der Waals surface area contributed by atoms with Crippen LogP contribution in [0.1, 0.15) is 73.1 Å². The highest BCUT2D eigenvalue weighted by atomic mass is 16.7. The molecule has 0 amide bonds. The molecule has 2 rings (SSSR count). The number of rotatable bonds is 3. The molecule has 21 heavy (non-hydrogen) atoms. The van der Waals surface area contributed by atoms with Crippen molar-refractivity contribution in [2.45, 2.75) is 95.4 Å². The first-order valence-electron chi connectivity index (χ1n) is 8.59. The van der Waals surface area contributed by atoms with Crippen molar-refractivity contribution in [1.29, 1.82) is 0 Å². The Hall–Kier alpha value is -0.275. The van der Waals surface area contributed by atoms with E-state index >= 15 is 0 Å². The Labute approximate surface area is 132 Å². The van der Waals surface area contributed by atoms with Gasteiger partial charge < -0.3 is 9.47 Å². The van der Waals surface area contributed by atoms with Crippen LogP contribution in [0.2, 0.25) is 5.31 Å². The van der Waals surface area contributed by atoms with Crippen LogP contribution in [0.4, 0.5) is 0 Å². The van der Waals surface area contributed by atoms with Gasteiger partial charge in [0.15, 0.2) is 5.79 Å². The summed E-state index contributed by atoms with van der Waals surface area (Å²) in [6, 6.07) is 0. The third kappa shape index (κ3) is 2.72. The van der Waals surface area contributed by atoms with Crippen LogP contribution in [0.5, 0.6) is 0 Å². The van der Waals surface area contributed by atoms with Crippen LogP contribution in [0.25, 0.3) is 0 Å². The second kappa shape index (κ2) is 5.42. The van der Waals surface area contributed by atoms with Crippen molar-refractivity contribution >= 4 is 7.85 Å². The molecule has 3 atom stereocenters. The van der Waals surface area contributed by atoms with Gasteiger partial charge in [-0.05, 0) is 58.2 Å². The second-order valence-corrected chi connectivity index (χ2v) is 8.39. The minimum atomic E-state index is -0.542. The predicted molar refractivity (Wildman–Crippen MR) is 91.4 cm³/mol. The van der Waals surface area contributed by atoms with Crippen LogP contribution < -0.4 is 0 Å².